The van der Waals surface area contributed by atoms with E-state index in [0.29, 0.717) is 12.5 Å². The van der Waals surface area contributed by atoms with E-state index < -0.39 is 0 Å². The Morgan fingerprint density at radius 3 is 2.76 bits per heavy atom. The standard InChI is InChI=1S/C15H24N4OS/c1-5-7-16-10(3)13(6-2)15-18-14(19-20-15)8-12-9-21-11(4)17-12/h9-10,13,16H,5-8H2,1-4H3. The van der Waals surface area contributed by atoms with E-state index >= 15 is 0 Å². The van der Waals surface area contributed by atoms with Gasteiger partial charge in [-0.05, 0) is 33.2 Å². The summed E-state index contributed by atoms with van der Waals surface area (Å²) >= 11 is 1.65. The lowest BCUT2D eigenvalue weighted by Crippen LogP contribution is -2.32. The number of hydrogen-bond donors (Lipinski definition) is 1. The van der Waals surface area contributed by atoms with Crippen LogP contribution in [-0.4, -0.2) is 27.7 Å². The number of hydrogen-bond acceptors (Lipinski definition) is 6. The minimum absolute atomic E-state index is 0.259. The summed E-state index contributed by atoms with van der Waals surface area (Å²) in [5, 5.41) is 10.7. The van der Waals surface area contributed by atoms with Gasteiger partial charge in [-0.15, -0.1) is 11.3 Å². The zero-order chi connectivity index (χ0) is 15.2. The molecule has 0 saturated heterocycles. The Bertz CT molecular complexity index is 551. The molecular formula is C15H24N4OS. The van der Waals surface area contributed by atoms with Crippen LogP contribution in [0.1, 0.15) is 61.9 Å². The lowest BCUT2D eigenvalue weighted by molar-refractivity contribution is 0.314. The van der Waals surface area contributed by atoms with Crippen LogP contribution >= 0.6 is 11.3 Å². The lowest BCUT2D eigenvalue weighted by Gasteiger charge is -2.20. The van der Waals surface area contributed by atoms with Crippen LogP contribution in [0.5, 0.6) is 0 Å². The van der Waals surface area contributed by atoms with Crippen molar-refractivity contribution in [2.45, 2.75) is 58.9 Å². The Hall–Kier alpha value is -1.27. The number of aryl methyl sites for hydroxylation is 1. The molecule has 6 heteroatoms. The fourth-order valence-corrected chi connectivity index (χ4v) is 3.01. The van der Waals surface area contributed by atoms with Crippen molar-refractivity contribution in [1.29, 1.82) is 0 Å². The predicted molar refractivity (Wildman–Crippen MR) is 84.7 cm³/mol. The fourth-order valence-electron chi connectivity index (χ4n) is 2.40. The maximum Gasteiger partial charge on any atom is 0.231 e. The molecule has 0 saturated carbocycles. The van der Waals surface area contributed by atoms with Crippen LogP contribution in [0.2, 0.25) is 0 Å². The lowest BCUT2D eigenvalue weighted by atomic mass is 9.98. The highest BCUT2D eigenvalue weighted by atomic mass is 32.1. The van der Waals surface area contributed by atoms with Crippen LogP contribution in [0.3, 0.4) is 0 Å². The Kier molecular flexibility index (Phi) is 5.87. The molecule has 2 unspecified atom stereocenters. The topological polar surface area (TPSA) is 63.8 Å². The van der Waals surface area contributed by atoms with Gasteiger partial charge in [0.1, 0.15) is 0 Å². The number of nitrogens with zero attached hydrogens (tertiary/aromatic N) is 3. The molecule has 116 valence electrons. The molecule has 2 atom stereocenters. The SMILES string of the molecule is CCCNC(C)C(CC)c1nc(Cc2csc(C)n2)no1. The van der Waals surface area contributed by atoms with E-state index in [-0.39, 0.29) is 5.92 Å². The minimum Gasteiger partial charge on any atom is -0.339 e. The molecule has 0 spiro atoms. The largest absolute Gasteiger partial charge is 0.339 e. The molecule has 0 bridgehead atoms. The van der Waals surface area contributed by atoms with Crippen molar-refractivity contribution in [2.75, 3.05) is 6.54 Å². The maximum atomic E-state index is 5.47. The first-order chi connectivity index (χ1) is 10.1. The summed E-state index contributed by atoms with van der Waals surface area (Å²) in [5.74, 6) is 1.71. The van der Waals surface area contributed by atoms with Crippen molar-refractivity contribution < 1.29 is 4.52 Å². The first-order valence-corrected chi connectivity index (χ1v) is 8.48. The molecule has 0 radical (unpaired) electrons. The summed E-state index contributed by atoms with van der Waals surface area (Å²) in [6.45, 7) is 9.52. The van der Waals surface area contributed by atoms with E-state index in [1.54, 1.807) is 11.3 Å². The van der Waals surface area contributed by atoms with Crippen molar-refractivity contribution in [3.63, 3.8) is 0 Å². The van der Waals surface area contributed by atoms with Gasteiger partial charge in [0, 0.05) is 11.4 Å². The summed E-state index contributed by atoms with van der Waals surface area (Å²) in [6, 6.07) is 0.338. The number of rotatable bonds is 8. The van der Waals surface area contributed by atoms with E-state index in [0.717, 1.165) is 41.8 Å². The van der Waals surface area contributed by atoms with Crippen LogP contribution in [-0.2, 0) is 6.42 Å². The van der Waals surface area contributed by atoms with Gasteiger partial charge in [0.25, 0.3) is 0 Å². The molecule has 2 aromatic rings. The third-order valence-corrected chi connectivity index (χ3v) is 4.39. The Morgan fingerprint density at radius 1 is 1.33 bits per heavy atom. The van der Waals surface area contributed by atoms with Gasteiger partial charge in [-0.25, -0.2) is 4.98 Å². The predicted octanol–water partition coefficient (Wildman–Crippen LogP) is 3.31. The van der Waals surface area contributed by atoms with E-state index in [4.69, 9.17) is 4.52 Å². The van der Waals surface area contributed by atoms with Crippen molar-refractivity contribution in [2.24, 2.45) is 0 Å². The average Bonchev–Trinajstić information content (AvgIpc) is 3.07. The monoisotopic (exact) mass is 308 g/mol. The molecule has 2 rings (SSSR count). The molecule has 21 heavy (non-hydrogen) atoms. The van der Waals surface area contributed by atoms with Crippen molar-refractivity contribution >= 4 is 11.3 Å². The molecule has 1 N–H and O–H groups in total. The number of thiazole rings is 1. The van der Waals surface area contributed by atoms with Crippen molar-refractivity contribution in [3.8, 4) is 0 Å². The zero-order valence-corrected chi connectivity index (χ0v) is 14.0. The Balaban J connectivity index is 2.03. The second kappa shape index (κ2) is 7.66. The first-order valence-electron chi connectivity index (χ1n) is 7.60. The van der Waals surface area contributed by atoms with Gasteiger partial charge in [0.15, 0.2) is 5.82 Å². The average molecular weight is 308 g/mol. The summed E-state index contributed by atoms with van der Waals surface area (Å²) in [6.07, 6.45) is 2.75. The molecule has 2 aromatic heterocycles. The first kappa shape index (κ1) is 16.1. The quantitative estimate of drug-likeness (QED) is 0.810. The molecule has 0 aliphatic carbocycles. The summed E-state index contributed by atoms with van der Waals surface area (Å²) < 4.78 is 5.47. The molecule has 0 aromatic carbocycles. The van der Waals surface area contributed by atoms with Crippen LogP contribution in [0.25, 0.3) is 0 Å². The van der Waals surface area contributed by atoms with Crippen molar-refractivity contribution in [3.05, 3.63) is 27.8 Å². The van der Waals surface area contributed by atoms with Gasteiger partial charge in [0.05, 0.1) is 23.0 Å². The van der Waals surface area contributed by atoms with E-state index in [9.17, 15) is 0 Å². The smallest absolute Gasteiger partial charge is 0.231 e. The van der Waals surface area contributed by atoms with E-state index in [2.05, 4.69) is 41.2 Å². The Labute approximate surface area is 130 Å². The van der Waals surface area contributed by atoms with Gasteiger partial charge in [-0.1, -0.05) is 19.0 Å². The molecular weight excluding hydrogens is 284 g/mol. The molecule has 0 fully saturated rings. The normalized spacial score (nSPS) is 14.3. The van der Waals surface area contributed by atoms with Crippen molar-refractivity contribution in [1.82, 2.24) is 20.4 Å². The molecule has 0 aliphatic heterocycles. The van der Waals surface area contributed by atoms with Gasteiger partial charge in [-0.2, -0.15) is 4.98 Å². The minimum atomic E-state index is 0.259. The Morgan fingerprint density at radius 2 is 2.14 bits per heavy atom. The number of aromatic nitrogens is 3. The summed E-state index contributed by atoms with van der Waals surface area (Å²) in [7, 11) is 0. The van der Waals surface area contributed by atoms with Crippen LogP contribution in [0.15, 0.2) is 9.90 Å². The maximum absolute atomic E-state index is 5.47. The van der Waals surface area contributed by atoms with E-state index in [1.165, 1.54) is 0 Å². The van der Waals surface area contributed by atoms with Gasteiger partial charge >= 0.3 is 0 Å². The van der Waals surface area contributed by atoms with Crippen LogP contribution < -0.4 is 5.32 Å². The fraction of sp³-hybridized carbons (Fsp3) is 0.667. The number of nitrogens with one attached hydrogen (secondary N) is 1. The highest BCUT2D eigenvalue weighted by Gasteiger charge is 2.23. The van der Waals surface area contributed by atoms with Crippen LogP contribution in [0.4, 0.5) is 0 Å². The third-order valence-electron chi connectivity index (χ3n) is 3.57. The van der Waals surface area contributed by atoms with Crippen LogP contribution in [0, 0.1) is 6.92 Å². The van der Waals surface area contributed by atoms with Gasteiger partial charge in [-0.3, -0.25) is 0 Å². The summed E-state index contributed by atoms with van der Waals surface area (Å²) in [5.41, 5.74) is 1.01. The second-order valence-electron chi connectivity index (χ2n) is 5.34. The van der Waals surface area contributed by atoms with Gasteiger partial charge < -0.3 is 9.84 Å². The summed E-state index contributed by atoms with van der Waals surface area (Å²) in [4.78, 5) is 9.00. The highest BCUT2D eigenvalue weighted by Crippen LogP contribution is 2.22. The third kappa shape index (κ3) is 4.35. The van der Waals surface area contributed by atoms with E-state index in [1.807, 2.05) is 12.3 Å². The zero-order valence-electron chi connectivity index (χ0n) is 13.2. The highest BCUT2D eigenvalue weighted by molar-refractivity contribution is 7.09. The second-order valence-corrected chi connectivity index (χ2v) is 6.40. The molecule has 5 nitrogen and oxygen atoms in total. The molecule has 0 aliphatic rings. The molecule has 0 amide bonds. The van der Waals surface area contributed by atoms with Gasteiger partial charge in [0.2, 0.25) is 5.89 Å². The molecule has 2 heterocycles.